The zero-order valence-electron chi connectivity index (χ0n) is 15.0. The van der Waals surface area contributed by atoms with Gasteiger partial charge in [-0.1, -0.05) is 35.0 Å². The van der Waals surface area contributed by atoms with Crippen molar-refractivity contribution in [3.63, 3.8) is 0 Å². The molecule has 27 heavy (non-hydrogen) atoms. The van der Waals surface area contributed by atoms with Crippen LogP contribution in [0.5, 0.6) is 0 Å². The van der Waals surface area contributed by atoms with E-state index in [-0.39, 0.29) is 11.8 Å². The first-order valence-corrected chi connectivity index (χ1v) is 8.97. The van der Waals surface area contributed by atoms with Crippen molar-refractivity contribution >= 4 is 29.6 Å². The van der Waals surface area contributed by atoms with Crippen molar-refractivity contribution in [2.45, 2.75) is 0 Å². The summed E-state index contributed by atoms with van der Waals surface area (Å²) in [7, 11) is 1.48. The van der Waals surface area contributed by atoms with Crippen molar-refractivity contribution in [2.75, 3.05) is 33.3 Å². The van der Waals surface area contributed by atoms with Crippen LogP contribution in [0.2, 0.25) is 5.02 Å². The zero-order chi connectivity index (χ0) is 19.2. The lowest BCUT2D eigenvalue weighted by Crippen LogP contribution is -2.50. The monoisotopic (exact) mass is 385 g/mol. The molecule has 1 saturated heterocycles. The second kappa shape index (κ2) is 8.68. The molecule has 3 rings (SSSR count). The predicted octanol–water partition coefficient (Wildman–Crippen LogP) is 2.92. The maximum Gasteiger partial charge on any atom is 0.254 e. The molecule has 0 spiro atoms. The normalized spacial score (nSPS) is 14.4. The van der Waals surface area contributed by atoms with Crippen LogP contribution >= 0.6 is 11.6 Å². The van der Waals surface area contributed by atoms with Gasteiger partial charge in [-0.05, 0) is 35.9 Å². The Morgan fingerprint density at radius 3 is 2.11 bits per heavy atom. The summed E-state index contributed by atoms with van der Waals surface area (Å²) in [6, 6.07) is 14.1. The molecule has 0 unspecified atom stereocenters. The minimum absolute atomic E-state index is 0.0416. The predicted molar refractivity (Wildman–Crippen MR) is 104 cm³/mol. The molecule has 2 aromatic rings. The molecule has 1 fully saturated rings. The number of halogens is 1. The van der Waals surface area contributed by atoms with E-state index in [1.807, 2.05) is 12.1 Å². The Labute approximate surface area is 163 Å². The molecule has 1 aliphatic heterocycles. The maximum absolute atomic E-state index is 12.7. The Kier molecular flexibility index (Phi) is 6.08. The highest BCUT2D eigenvalue weighted by Crippen LogP contribution is 2.15. The van der Waals surface area contributed by atoms with Crippen LogP contribution in [-0.2, 0) is 4.84 Å². The molecular formula is C20H20ClN3O3. The van der Waals surface area contributed by atoms with E-state index in [0.717, 1.165) is 5.56 Å². The highest BCUT2D eigenvalue weighted by atomic mass is 35.5. The molecule has 2 amide bonds. The van der Waals surface area contributed by atoms with Crippen LogP contribution in [0, 0.1) is 0 Å². The third-order valence-corrected chi connectivity index (χ3v) is 4.63. The summed E-state index contributed by atoms with van der Waals surface area (Å²) in [5, 5.41) is 4.23. The van der Waals surface area contributed by atoms with Crippen LogP contribution in [0.4, 0.5) is 0 Å². The van der Waals surface area contributed by atoms with E-state index in [1.54, 1.807) is 52.4 Å². The number of hydrogen-bond acceptors (Lipinski definition) is 4. The molecule has 0 bridgehead atoms. The second-order valence-electron chi connectivity index (χ2n) is 6.13. The van der Waals surface area contributed by atoms with Gasteiger partial charge in [0, 0.05) is 42.3 Å². The standard InChI is InChI=1S/C20H20ClN3O3/c1-27-22-14-15-5-7-16(8-6-15)19(25)23-9-11-24(12-10-23)20(26)17-3-2-4-18(21)13-17/h2-8,13-14H,9-12H2,1H3/b22-14+. The van der Waals surface area contributed by atoms with E-state index in [9.17, 15) is 9.59 Å². The van der Waals surface area contributed by atoms with E-state index in [1.165, 1.54) is 7.11 Å². The van der Waals surface area contributed by atoms with Crippen LogP contribution in [0.3, 0.4) is 0 Å². The maximum atomic E-state index is 12.7. The Balaban J connectivity index is 1.59. The first-order chi connectivity index (χ1) is 13.1. The van der Waals surface area contributed by atoms with Gasteiger partial charge < -0.3 is 14.6 Å². The number of piperazine rings is 1. The number of benzene rings is 2. The lowest BCUT2D eigenvalue weighted by atomic mass is 10.1. The molecule has 2 aromatic carbocycles. The smallest absolute Gasteiger partial charge is 0.254 e. The SMILES string of the molecule is CO/N=C/c1ccc(C(=O)N2CCN(C(=O)c3cccc(Cl)c3)CC2)cc1. The highest BCUT2D eigenvalue weighted by Gasteiger charge is 2.25. The first-order valence-electron chi connectivity index (χ1n) is 8.59. The summed E-state index contributed by atoms with van der Waals surface area (Å²) in [6.07, 6.45) is 1.58. The number of rotatable bonds is 4. The largest absolute Gasteiger partial charge is 0.399 e. The Morgan fingerprint density at radius 1 is 0.963 bits per heavy atom. The molecule has 1 heterocycles. The fraction of sp³-hybridized carbons (Fsp3) is 0.250. The average molecular weight is 386 g/mol. The van der Waals surface area contributed by atoms with Gasteiger partial charge in [0.1, 0.15) is 7.11 Å². The first kappa shape index (κ1) is 18.9. The van der Waals surface area contributed by atoms with Crippen molar-refractivity contribution < 1.29 is 14.4 Å². The number of carbonyl (C=O) groups excluding carboxylic acids is 2. The lowest BCUT2D eigenvalue weighted by Gasteiger charge is -2.35. The fourth-order valence-corrected chi connectivity index (χ4v) is 3.11. The van der Waals surface area contributed by atoms with Gasteiger partial charge >= 0.3 is 0 Å². The van der Waals surface area contributed by atoms with Crippen LogP contribution < -0.4 is 0 Å². The van der Waals surface area contributed by atoms with Crippen molar-refractivity contribution in [3.8, 4) is 0 Å². The van der Waals surface area contributed by atoms with Crippen molar-refractivity contribution in [2.24, 2.45) is 5.16 Å². The van der Waals surface area contributed by atoms with Crippen LogP contribution in [-0.4, -0.2) is 61.1 Å². The molecule has 1 aliphatic rings. The number of nitrogens with zero attached hydrogens (tertiary/aromatic N) is 3. The van der Waals surface area contributed by atoms with Crippen molar-refractivity contribution in [3.05, 3.63) is 70.2 Å². The number of amides is 2. The summed E-state index contributed by atoms with van der Waals surface area (Å²) in [5.74, 6) is -0.105. The minimum Gasteiger partial charge on any atom is -0.399 e. The topological polar surface area (TPSA) is 62.2 Å². The van der Waals surface area contributed by atoms with E-state index in [2.05, 4.69) is 9.99 Å². The van der Waals surface area contributed by atoms with Gasteiger partial charge in [-0.15, -0.1) is 0 Å². The number of carbonyl (C=O) groups is 2. The molecule has 7 heteroatoms. The quantitative estimate of drug-likeness (QED) is 0.600. The third-order valence-electron chi connectivity index (χ3n) is 4.39. The van der Waals surface area contributed by atoms with Gasteiger partial charge in [-0.2, -0.15) is 0 Å². The molecule has 6 nitrogen and oxygen atoms in total. The molecule has 0 N–H and O–H groups in total. The van der Waals surface area contributed by atoms with Crippen LogP contribution in [0.15, 0.2) is 53.7 Å². The zero-order valence-corrected chi connectivity index (χ0v) is 15.7. The van der Waals surface area contributed by atoms with Gasteiger partial charge in [0.15, 0.2) is 0 Å². The Bertz CT molecular complexity index is 844. The van der Waals surface area contributed by atoms with Gasteiger partial charge in [0.2, 0.25) is 0 Å². The number of oxime groups is 1. The third kappa shape index (κ3) is 4.65. The van der Waals surface area contributed by atoms with E-state index in [0.29, 0.717) is 42.3 Å². The molecular weight excluding hydrogens is 366 g/mol. The Morgan fingerprint density at radius 2 is 1.56 bits per heavy atom. The minimum atomic E-state index is -0.0635. The van der Waals surface area contributed by atoms with Crippen molar-refractivity contribution in [1.29, 1.82) is 0 Å². The summed E-state index contributed by atoms with van der Waals surface area (Å²) < 4.78 is 0. The van der Waals surface area contributed by atoms with Gasteiger partial charge in [-0.3, -0.25) is 9.59 Å². The van der Waals surface area contributed by atoms with E-state index >= 15 is 0 Å². The van der Waals surface area contributed by atoms with Crippen LogP contribution in [0.1, 0.15) is 26.3 Å². The summed E-state index contributed by atoms with van der Waals surface area (Å²) in [4.78, 5) is 33.4. The molecule has 140 valence electrons. The second-order valence-corrected chi connectivity index (χ2v) is 6.57. The molecule has 0 saturated carbocycles. The summed E-state index contributed by atoms with van der Waals surface area (Å²) >= 11 is 5.96. The van der Waals surface area contributed by atoms with E-state index < -0.39 is 0 Å². The number of hydrogen-bond donors (Lipinski definition) is 0. The van der Waals surface area contributed by atoms with E-state index in [4.69, 9.17) is 11.6 Å². The summed E-state index contributed by atoms with van der Waals surface area (Å²) in [5.41, 5.74) is 2.03. The van der Waals surface area contributed by atoms with Gasteiger partial charge in [0.05, 0.1) is 6.21 Å². The van der Waals surface area contributed by atoms with Gasteiger partial charge in [0.25, 0.3) is 11.8 Å². The molecule has 0 aliphatic carbocycles. The van der Waals surface area contributed by atoms with Gasteiger partial charge in [-0.25, -0.2) is 0 Å². The Hall–Kier alpha value is -2.86. The highest BCUT2D eigenvalue weighted by molar-refractivity contribution is 6.30. The molecule has 0 radical (unpaired) electrons. The molecule has 0 atom stereocenters. The molecule has 0 aromatic heterocycles. The average Bonchev–Trinajstić information content (AvgIpc) is 2.71. The van der Waals surface area contributed by atoms with Crippen molar-refractivity contribution in [1.82, 2.24) is 9.80 Å². The fourth-order valence-electron chi connectivity index (χ4n) is 2.92. The lowest BCUT2D eigenvalue weighted by molar-refractivity contribution is 0.0535. The van der Waals surface area contributed by atoms with Crippen LogP contribution in [0.25, 0.3) is 0 Å². The summed E-state index contributed by atoms with van der Waals surface area (Å²) in [6.45, 7) is 1.99.